The fourth-order valence-corrected chi connectivity index (χ4v) is 4.33. The van der Waals surface area contributed by atoms with E-state index in [-0.39, 0.29) is 0 Å². The first-order valence-corrected chi connectivity index (χ1v) is 9.89. The molecule has 3 rings (SSSR count). The maximum absolute atomic E-state index is 12.4. The van der Waals surface area contributed by atoms with Gasteiger partial charge in [-0.2, -0.15) is 4.31 Å². The fourth-order valence-electron chi connectivity index (χ4n) is 2.33. The Morgan fingerprint density at radius 3 is 2.43 bits per heavy atom. The Hall–Kier alpha value is -1.41. The van der Waals surface area contributed by atoms with Crippen molar-refractivity contribution in [1.82, 2.24) is 9.29 Å². The number of nitrogens with zero attached hydrogens (tertiary/aromatic N) is 3. The van der Waals surface area contributed by atoms with E-state index in [0.29, 0.717) is 31.2 Å². The van der Waals surface area contributed by atoms with Crippen LogP contribution in [0.4, 0.5) is 5.13 Å². The highest BCUT2D eigenvalue weighted by Crippen LogP contribution is 2.20. The van der Waals surface area contributed by atoms with Crippen LogP contribution in [-0.4, -0.2) is 43.9 Å². The van der Waals surface area contributed by atoms with Crippen molar-refractivity contribution >= 4 is 44.2 Å². The van der Waals surface area contributed by atoms with E-state index in [9.17, 15) is 8.42 Å². The summed E-state index contributed by atoms with van der Waals surface area (Å²) in [6.45, 7) is 2.24. The van der Waals surface area contributed by atoms with Crippen LogP contribution in [0.1, 0.15) is 5.56 Å². The van der Waals surface area contributed by atoms with Crippen molar-refractivity contribution in [3.8, 4) is 0 Å². The van der Waals surface area contributed by atoms with Crippen LogP contribution in [0.3, 0.4) is 0 Å². The summed E-state index contributed by atoms with van der Waals surface area (Å²) in [7, 11) is -3.41. The number of anilines is 1. The molecule has 0 unspecified atom stereocenters. The maximum atomic E-state index is 12.4. The molecule has 1 aliphatic rings. The maximum Gasteiger partial charge on any atom is 0.236 e. The van der Waals surface area contributed by atoms with Crippen LogP contribution in [0.25, 0.3) is 6.08 Å². The molecule has 0 saturated carbocycles. The average molecular weight is 370 g/mol. The van der Waals surface area contributed by atoms with Crippen molar-refractivity contribution in [3.63, 3.8) is 0 Å². The molecule has 1 saturated heterocycles. The van der Waals surface area contributed by atoms with Crippen LogP contribution in [0.15, 0.2) is 41.3 Å². The molecule has 0 N–H and O–H groups in total. The third-order valence-corrected chi connectivity index (χ3v) is 6.24. The van der Waals surface area contributed by atoms with Gasteiger partial charge in [0, 0.05) is 48.2 Å². The fraction of sp³-hybridized carbons (Fsp3) is 0.267. The molecule has 1 fully saturated rings. The van der Waals surface area contributed by atoms with Crippen molar-refractivity contribution in [1.29, 1.82) is 0 Å². The molecule has 0 aliphatic carbocycles. The molecule has 122 valence electrons. The summed E-state index contributed by atoms with van der Waals surface area (Å²) in [6, 6.07) is 7.05. The molecule has 23 heavy (non-hydrogen) atoms. The van der Waals surface area contributed by atoms with Gasteiger partial charge in [-0.3, -0.25) is 0 Å². The Balaban J connectivity index is 1.63. The zero-order chi connectivity index (χ0) is 16.3. The molecule has 0 atom stereocenters. The summed E-state index contributed by atoms with van der Waals surface area (Å²) in [6.07, 6.45) is 3.36. The largest absolute Gasteiger partial charge is 0.345 e. The predicted octanol–water partition coefficient (Wildman–Crippen LogP) is 2.92. The lowest BCUT2D eigenvalue weighted by atomic mass is 10.2. The van der Waals surface area contributed by atoms with Gasteiger partial charge in [-0.15, -0.1) is 11.3 Å². The second-order valence-corrected chi connectivity index (χ2v) is 8.23. The Bertz CT molecular complexity index is 766. The molecular weight excluding hydrogens is 354 g/mol. The van der Waals surface area contributed by atoms with Gasteiger partial charge < -0.3 is 4.90 Å². The summed E-state index contributed by atoms with van der Waals surface area (Å²) in [5, 5.41) is 4.75. The number of aromatic nitrogens is 1. The first-order chi connectivity index (χ1) is 11.0. The lowest BCUT2D eigenvalue weighted by Crippen LogP contribution is -2.48. The summed E-state index contributed by atoms with van der Waals surface area (Å²) in [4.78, 5) is 6.37. The summed E-state index contributed by atoms with van der Waals surface area (Å²) < 4.78 is 26.3. The van der Waals surface area contributed by atoms with Crippen molar-refractivity contribution < 1.29 is 8.42 Å². The molecule has 1 aliphatic heterocycles. The van der Waals surface area contributed by atoms with Gasteiger partial charge in [0.25, 0.3) is 0 Å². The molecule has 0 spiro atoms. The molecule has 2 aromatic rings. The standard InChI is InChI=1S/C15H16ClN3O2S2/c16-14-3-1-13(2-4-14)5-12-23(20,21)19-9-7-18(8-10-19)15-17-6-11-22-15/h1-6,11-12H,7-10H2/b12-5+. The van der Waals surface area contributed by atoms with E-state index in [1.165, 1.54) is 9.71 Å². The lowest BCUT2D eigenvalue weighted by molar-refractivity contribution is 0.390. The minimum absolute atomic E-state index is 0.465. The van der Waals surface area contributed by atoms with Crippen LogP contribution in [0.5, 0.6) is 0 Å². The number of halogens is 1. The monoisotopic (exact) mass is 369 g/mol. The Morgan fingerprint density at radius 1 is 1.13 bits per heavy atom. The number of piperazine rings is 1. The molecular formula is C15H16ClN3O2S2. The first-order valence-electron chi connectivity index (χ1n) is 7.13. The van der Waals surface area contributed by atoms with E-state index in [0.717, 1.165) is 10.7 Å². The first kappa shape index (κ1) is 16.4. The van der Waals surface area contributed by atoms with E-state index < -0.39 is 10.0 Å². The van der Waals surface area contributed by atoms with Gasteiger partial charge in [-0.25, -0.2) is 13.4 Å². The highest BCUT2D eigenvalue weighted by molar-refractivity contribution is 7.92. The SMILES string of the molecule is O=S(=O)(/C=C/c1ccc(Cl)cc1)N1CCN(c2nccs2)CC1. The number of hydrogen-bond acceptors (Lipinski definition) is 5. The van der Waals surface area contributed by atoms with Crippen molar-refractivity contribution in [2.45, 2.75) is 0 Å². The van der Waals surface area contributed by atoms with Gasteiger partial charge in [0.1, 0.15) is 0 Å². The van der Waals surface area contributed by atoms with Gasteiger partial charge in [0.2, 0.25) is 10.0 Å². The van der Waals surface area contributed by atoms with Crippen molar-refractivity contribution in [2.75, 3.05) is 31.1 Å². The predicted molar refractivity (Wildman–Crippen MR) is 95.3 cm³/mol. The minimum atomic E-state index is -3.41. The number of hydrogen-bond donors (Lipinski definition) is 0. The normalized spacial score (nSPS) is 17.0. The molecule has 2 heterocycles. The highest BCUT2D eigenvalue weighted by atomic mass is 35.5. The highest BCUT2D eigenvalue weighted by Gasteiger charge is 2.25. The lowest BCUT2D eigenvalue weighted by Gasteiger charge is -2.33. The quantitative estimate of drug-likeness (QED) is 0.831. The summed E-state index contributed by atoms with van der Waals surface area (Å²) in [5.41, 5.74) is 0.805. The van der Waals surface area contributed by atoms with Gasteiger partial charge >= 0.3 is 0 Å². The summed E-state index contributed by atoms with van der Waals surface area (Å²) in [5.74, 6) is 0. The smallest absolute Gasteiger partial charge is 0.236 e. The van der Waals surface area contributed by atoms with Crippen LogP contribution in [0, 0.1) is 0 Å². The average Bonchev–Trinajstić information content (AvgIpc) is 3.09. The third kappa shape index (κ3) is 4.11. The molecule has 1 aromatic carbocycles. The molecule has 8 heteroatoms. The minimum Gasteiger partial charge on any atom is -0.345 e. The van der Waals surface area contributed by atoms with Gasteiger partial charge in [0.05, 0.1) is 0 Å². The third-order valence-electron chi connectivity index (χ3n) is 3.59. The van der Waals surface area contributed by atoms with E-state index >= 15 is 0 Å². The topological polar surface area (TPSA) is 53.5 Å². The zero-order valence-electron chi connectivity index (χ0n) is 12.3. The van der Waals surface area contributed by atoms with Crippen molar-refractivity contribution in [3.05, 3.63) is 51.8 Å². The van der Waals surface area contributed by atoms with Crippen LogP contribution in [-0.2, 0) is 10.0 Å². The molecule has 1 aromatic heterocycles. The molecule has 0 bridgehead atoms. The van der Waals surface area contributed by atoms with E-state index in [4.69, 9.17) is 11.6 Å². The number of thiazole rings is 1. The number of benzene rings is 1. The zero-order valence-corrected chi connectivity index (χ0v) is 14.7. The Kier molecular flexibility index (Phi) is 5.01. The Labute approximate surface area is 144 Å². The molecule has 0 radical (unpaired) electrons. The summed E-state index contributed by atoms with van der Waals surface area (Å²) >= 11 is 7.39. The van der Waals surface area contributed by atoms with E-state index in [1.54, 1.807) is 47.9 Å². The molecule has 0 amide bonds. The van der Waals surface area contributed by atoms with E-state index in [1.807, 2.05) is 5.38 Å². The Morgan fingerprint density at radius 2 is 1.83 bits per heavy atom. The molecule has 5 nitrogen and oxygen atoms in total. The van der Waals surface area contributed by atoms with Gasteiger partial charge in [0.15, 0.2) is 5.13 Å². The second kappa shape index (κ2) is 7.00. The van der Waals surface area contributed by atoms with E-state index in [2.05, 4.69) is 9.88 Å². The number of sulfonamides is 1. The van der Waals surface area contributed by atoms with Crippen LogP contribution < -0.4 is 4.90 Å². The second-order valence-electron chi connectivity index (χ2n) is 5.10. The number of rotatable bonds is 4. The van der Waals surface area contributed by atoms with Crippen molar-refractivity contribution in [2.24, 2.45) is 0 Å². The van der Waals surface area contributed by atoms with Gasteiger partial charge in [-0.05, 0) is 23.8 Å². The van der Waals surface area contributed by atoms with Crippen LogP contribution in [0.2, 0.25) is 5.02 Å². The van der Waals surface area contributed by atoms with Crippen LogP contribution >= 0.6 is 22.9 Å². The van der Waals surface area contributed by atoms with Gasteiger partial charge in [-0.1, -0.05) is 23.7 Å².